The van der Waals surface area contributed by atoms with Crippen molar-refractivity contribution in [2.24, 2.45) is 0 Å². The number of hydrogen-bond acceptors (Lipinski definition) is 6. The minimum Gasteiger partial charge on any atom is -0.507 e. The van der Waals surface area contributed by atoms with E-state index in [4.69, 9.17) is 9.47 Å². The fourth-order valence-corrected chi connectivity index (χ4v) is 4.32. The molecule has 2 aliphatic heterocycles. The predicted molar refractivity (Wildman–Crippen MR) is 127 cm³/mol. The molecule has 0 spiro atoms. The number of hydrogen-bond donors (Lipinski definition) is 1. The highest BCUT2D eigenvalue weighted by Crippen LogP contribution is 2.43. The van der Waals surface area contributed by atoms with Crippen LogP contribution in [-0.4, -0.2) is 35.0 Å². The normalized spacial score (nSPS) is 19.0. The Bertz CT molecular complexity index is 1280. The molecule has 1 saturated heterocycles. The molecular formula is C27H24N2O5. The number of fused-ring (bicyclic) bond motifs is 1. The molecule has 1 aromatic heterocycles. The van der Waals surface area contributed by atoms with Crippen LogP contribution in [0.15, 0.2) is 72.6 Å². The molecule has 3 heterocycles. The average molecular weight is 456 g/mol. The first-order valence-corrected chi connectivity index (χ1v) is 11.2. The van der Waals surface area contributed by atoms with Gasteiger partial charge in [0.05, 0.1) is 11.6 Å². The van der Waals surface area contributed by atoms with Crippen molar-refractivity contribution in [3.8, 4) is 11.5 Å². The van der Waals surface area contributed by atoms with E-state index in [2.05, 4.69) is 18.8 Å². The highest BCUT2D eigenvalue weighted by atomic mass is 16.6. The van der Waals surface area contributed by atoms with Gasteiger partial charge in [0, 0.05) is 23.6 Å². The summed E-state index contributed by atoms with van der Waals surface area (Å²) in [5.41, 5.74) is 2.68. The Morgan fingerprint density at radius 2 is 1.76 bits per heavy atom. The van der Waals surface area contributed by atoms with Crippen LogP contribution in [0.2, 0.25) is 0 Å². The molecule has 1 N–H and O–H groups in total. The van der Waals surface area contributed by atoms with Gasteiger partial charge < -0.3 is 14.6 Å². The van der Waals surface area contributed by atoms with Gasteiger partial charge in [-0.1, -0.05) is 32.0 Å². The monoisotopic (exact) mass is 456 g/mol. The lowest BCUT2D eigenvalue weighted by atomic mass is 9.95. The number of carbonyl (C=O) groups excluding carboxylic acids is 2. The third-order valence-corrected chi connectivity index (χ3v) is 6.10. The van der Waals surface area contributed by atoms with Gasteiger partial charge in [-0.3, -0.25) is 19.5 Å². The number of anilines is 1. The van der Waals surface area contributed by atoms with Crippen molar-refractivity contribution in [2.75, 3.05) is 18.1 Å². The maximum Gasteiger partial charge on any atom is 0.300 e. The minimum atomic E-state index is -0.827. The number of pyridine rings is 1. The maximum atomic E-state index is 13.3. The summed E-state index contributed by atoms with van der Waals surface area (Å²) in [6, 6.07) is 15.2. The minimum absolute atomic E-state index is 0.00242. The Hall–Kier alpha value is -4.13. The summed E-state index contributed by atoms with van der Waals surface area (Å²) in [5.74, 6) is -0.359. The molecule has 0 saturated carbocycles. The van der Waals surface area contributed by atoms with Crippen LogP contribution in [0.5, 0.6) is 11.5 Å². The highest BCUT2D eigenvalue weighted by Gasteiger charge is 2.47. The molecule has 1 fully saturated rings. The lowest BCUT2D eigenvalue weighted by Gasteiger charge is -2.25. The van der Waals surface area contributed by atoms with Gasteiger partial charge in [0.25, 0.3) is 11.7 Å². The van der Waals surface area contributed by atoms with Crippen molar-refractivity contribution < 1.29 is 24.2 Å². The van der Waals surface area contributed by atoms with E-state index in [-0.39, 0.29) is 11.3 Å². The van der Waals surface area contributed by atoms with Gasteiger partial charge >= 0.3 is 0 Å². The number of aliphatic hydroxyl groups excluding tert-OH is 1. The third-order valence-electron chi connectivity index (χ3n) is 6.10. The zero-order valence-corrected chi connectivity index (χ0v) is 18.9. The molecule has 172 valence electrons. The number of aromatic nitrogens is 1. The largest absolute Gasteiger partial charge is 0.507 e. The maximum absolute atomic E-state index is 13.3. The Labute approximate surface area is 197 Å². The van der Waals surface area contributed by atoms with Gasteiger partial charge in [-0.05, 0) is 53.4 Å². The van der Waals surface area contributed by atoms with Crippen molar-refractivity contribution in [2.45, 2.75) is 25.8 Å². The molecule has 2 aliphatic rings. The Morgan fingerprint density at radius 3 is 2.44 bits per heavy atom. The summed E-state index contributed by atoms with van der Waals surface area (Å²) in [6.07, 6.45) is 3.22. The van der Waals surface area contributed by atoms with Crippen molar-refractivity contribution in [3.05, 3.63) is 89.3 Å². The van der Waals surface area contributed by atoms with E-state index in [1.807, 2.05) is 24.3 Å². The number of carbonyl (C=O) groups is 2. The first-order valence-electron chi connectivity index (χ1n) is 11.2. The zero-order chi connectivity index (χ0) is 23.8. The lowest BCUT2D eigenvalue weighted by molar-refractivity contribution is -0.132. The third kappa shape index (κ3) is 3.69. The number of ketones is 1. The van der Waals surface area contributed by atoms with Crippen LogP contribution < -0.4 is 14.4 Å². The zero-order valence-electron chi connectivity index (χ0n) is 18.9. The molecule has 7 nitrogen and oxygen atoms in total. The van der Waals surface area contributed by atoms with E-state index in [1.54, 1.807) is 42.7 Å². The average Bonchev–Trinajstić information content (AvgIpc) is 3.14. The SMILES string of the molecule is CC(C)c1ccc(N2C(=O)C(=O)/C(=C(\O)c3ccc4c(c3)OCCO4)C2c2cccnc2)cc1. The summed E-state index contributed by atoms with van der Waals surface area (Å²) in [6.45, 7) is 5.01. The van der Waals surface area contributed by atoms with E-state index >= 15 is 0 Å². The molecular weight excluding hydrogens is 432 g/mol. The number of rotatable bonds is 4. The number of aliphatic hydroxyl groups is 1. The molecule has 1 unspecified atom stereocenters. The second-order valence-electron chi connectivity index (χ2n) is 8.56. The van der Waals surface area contributed by atoms with Crippen molar-refractivity contribution in [3.63, 3.8) is 0 Å². The van der Waals surface area contributed by atoms with E-state index in [1.165, 1.54) is 4.90 Å². The number of benzene rings is 2. The second kappa shape index (κ2) is 8.67. The van der Waals surface area contributed by atoms with Crippen molar-refractivity contribution in [1.82, 2.24) is 4.98 Å². The molecule has 34 heavy (non-hydrogen) atoms. The molecule has 0 bridgehead atoms. The van der Waals surface area contributed by atoms with Crippen LogP contribution in [0.1, 0.15) is 42.5 Å². The molecule has 2 aromatic carbocycles. The van der Waals surface area contributed by atoms with E-state index in [9.17, 15) is 14.7 Å². The van der Waals surface area contributed by atoms with Gasteiger partial charge in [-0.25, -0.2) is 0 Å². The number of ether oxygens (including phenoxy) is 2. The predicted octanol–water partition coefficient (Wildman–Crippen LogP) is 4.60. The first-order chi connectivity index (χ1) is 16.5. The highest BCUT2D eigenvalue weighted by molar-refractivity contribution is 6.51. The van der Waals surface area contributed by atoms with Crippen LogP contribution in [0.4, 0.5) is 5.69 Å². The van der Waals surface area contributed by atoms with Crippen LogP contribution in [0.25, 0.3) is 5.76 Å². The first kappa shape index (κ1) is 21.7. The fraction of sp³-hybridized carbons (Fsp3) is 0.222. The van der Waals surface area contributed by atoms with Crippen LogP contribution >= 0.6 is 0 Å². The van der Waals surface area contributed by atoms with E-state index in [0.29, 0.717) is 47.4 Å². The summed E-state index contributed by atoms with van der Waals surface area (Å²) < 4.78 is 11.2. The lowest BCUT2D eigenvalue weighted by Crippen LogP contribution is -2.29. The second-order valence-corrected chi connectivity index (χ2v) is 8.56. The van der Waals surface area contributed by atoms with Crippen LogP contribution in [0.3, 0.4) is 0 Å². The Kier molecular flexibility index (Phi) is 5.53. The van der Waals surface area contributed by atoms with Gasteiger partial charge in [-0.2, -0.15) is 0 Å². The van der Waals surface area contributed by atoms with Gasteiger partial charge in [0.15, 0.2) is 11.5 Å². The summed E-state index contributed by atoms with van der Waals surface area (Å²) in [4.78, 5) is 32.1. The summed E-state index contributed by atoms with van der Waals surface area (Å²) in [7, 11) is 0. The molecule has 1 amide bonds. The van der Waals surface area contributed by atoms with Gasteiger partial charge in [-0.15, -0.1) is 0 Å². The summed E-state index contributed by atoms with van der Waals surface area (Å²) >= 11 is 0. The van der Waals surface area contributed by atoms with Crippen LogP contribution in [-0.2, 0) is 9.59 Å². The number of amides is 1. The molecule has 7 heteroatoms. The number of nitrogens with zero attached hydrogens (tertiary/aromatic N) is 2. The topological polar surface area (TPSA) is 89.0 Å². The van der Waals surface area contributed by atoms with Crippen LogP contribution in [0, 0.1) is 0 Å². The van der Waals surface area contributed by atoms with E-state index in [0.717, 1.165) is 5.56 Å². The quantitative estimate of drug-likeness (QED) is 0.351. The fourth-order valence-electron chi connectivity index (χ4n) is 4.32. The summed E-state index contributed by atoms with van der Waals surface area (Å²) in [5, 5.41) is 11.3. The van der Waals surface area contributed by atoms with Gasteiger partial charge in [0.1, 0.15) is 19.0 Å². The molecule has 5 rings (SSSR count). The number of Topliss-reactive ketones (excluding diaryl/α,β-unsaturated/α-hetero) is 1. The Morgan fingerprint density at radius 1 is 1.03 bits per heavy atom. The standard InChI is InChI=1S/C27H24N2O5/c1-16(2)17-5-8-20(9-6-17)29-24(19-4-3-11-28-15-19)23(26(31)27(29)32)25(30)18-7-10-21-22(14-18)34-13-12-33-21/h3-11,14-16,24,30H,12-13H2,1-2H3/b25-23-. The van der Waals surface area contributed by atoms with Gasteiger partial charge in [0.2, 0.25) is 0 Å². The Balaban J connectivity index is 1.65. The molecule has 3 aromatic rings. The van der Waals surface area contributed by atoms with Crippen molar-refractivity contribution in [1.29, 1.82) is 0 Å². The van der Waals surface area contributed by atoms with Crippen molar-refractivity contribution >= 4 is 23.1 Å². The molecule has 0 aliphatic carbocycles. The molecule has 1 atom stereocenters. The van der Waals surface area contributed by atoms with E-state index < -0.39 is 17.7 Å². The molecule has 0 radical (unpaired) electrons. The smallest absolute Gasteiger partial charge is 0.300 e.